The molecule has 6 rings (SSSR count). The van der Waals surface area contributed by atoms with E-state index in [0.29, 0.717) is 24.8 Å². The molecule has 10 nitrogen and oxygen atoms in total. The Balaban J connectivity index is 1.72. The van der Waals surface area contributed by atoms with E-state index < -0.39 is 5.41 Å². The molecule has 0 amide bonds. The minimum atomic E-state index is -0.616. The summed E-state index contributed by atoms with van der Waals surface area (Å²) < 4.78 is 15.0. The average Bonchev–Trinajstić information content (AvgIpc) is 3.76. The van der Waals surface area contributed by atoms with Crippen LogP contribution in [0.2, 0.25) is 0 Å². The number of aromatic amines is 2. The van der Waals surface area contributed by atoms with Gasteiger partial charge in [0.1, 0.15) is 0 Å². The first-order valence-corrected chi connectivity index (χ1v) is 16.6. The number of carbonyl (C=O) groups is 3. The fraction of sp³-hybridized carbons (Fsp3) is 0.325. The van der Waals surface area contributed by atoms with Crippen LogP contribution in [0.3, 0.4) is 0 Å². The largest absolute Gasteiger partial charge is 0.469 e. The van der Waals surface area contributed by atoms with Crippen molar-refractivity contribution in [3.63, 3.8) is 0 Å². The average molecular weight is 675 g/mol. The van der Waals surface area contributed by atoms with E-state index in [4.69, 9.17) is 24.2 Å². The first kappa shape index (κ1) is 34.4. The molecule has 0 radical (unpaired) electrons. The number of methoxy groups -OCH3 is 3. The maximum Gasteiger partial charge on any atom is 0.333 e. The highest BCUT2D eigenvalue weighted by Gasteiger charge is 2.42. The van der Waals surface area contributed by atoms with Gasteiger partial charge >= 0.3 is 17.9 Å². The second-order valence-corrected chi connectivity index (χ2v) is 13.1. The summed E-state index contributed by atoms with van der Waals surface area (Å²) in [5.74, 6) is -0.966. The second-order valence-electron chi connectivity index (χ2n) is 13.1. The van der Waals surface area contributed by atoms with Crippen LogP contribution < -0.4 is 0 Å². The smallest absolute Gasteiger partial charge is 0.333 e. The Morgan fingerprint density at radius 3 is 2.12 bits per heavy atom. The predicted octanol–water partition coefficient (Wildman–Crippen LogP) is 7.41. The van der Waals surface area contributed by atoms with Crippen LogP contribution in [0.25, 0.3) is 44.9 Å². The summed E-state index contributed by atoms with van der Waals surface area (Å²) in [6.07, 6.45) is 7.34. The van der Waals surface area contributed by atoms with Crippen LogP contribution in [-0.4, -0.2) is 59.2 Å². The molecule has 3 aromatic rings. The molecular formula is C40H42N4O6. The lowest BCUT2D eigenvalue weighted by atomic mass is 9.72. The van der Waals surface area contributed by atoms with Gasteiger partial charge in [-0.1, -0.05) is 24.8 Å². The van der Waals surface area contributed by atoms with Gasteiger partial charge in [0.15, 0.2) is 0 Å². The molecule has 3 aromatic heterocycles. The number of aryl methyl sites for hydroxylation is 3. The monoisotopic (exact) mass is 674 g/mol. The van der Waals surface area contributed by atoms with Crippen molar-refractivity contribution < 1.29 is 28.6 Å². The highest BCUT2D eigenvalue weighted by molar-refractivity contribution is 5.95. The van der Waals surface area contributed by atoms with E-state index in [2.05, 4.69) is 23.5 Å². The summed E-state index contributed by atoms with van der Waals surface area (Å²) in [6.45, 7) is 12.3. The number of carbonyl (C=O) groups excluding carboxylic acids is 3. The minimum absolute atomic E-state index is 0.204. The van der Waals surface area contributed by atoms with Crippen LogP contribution in [0, 0.1) is 13.8 Å². The number of esters is 3. The zero-order valence-corrected chi connectivity index (χ0v) is 29.6. The number of aromatic nitrogens is 4. The van der Waals surface area contributed by atoms with Gasteiger partial charge in [0.2, 0.25) is 0 Å². The van der Waals surface area contributed by atoms with Crippen LogP contribution in [0.1, 0.15) is 84.6 Å². The summed E-state index contributed by atoms with van der Waals surface area (Å²) in [7, 11) is 4.17. The topological polar surface area (TPSA) is 136 Å². The Labute approximate surface area is 291 Å². The molecule has 1 aliphatic carbocycles. The van der Waals surface area contributed by atoms with E-state index >= 15 is 0 Å². The van der Waals surface area contributed by atoms with Gasteiger partial charge in [0.05, 0.1) is 44.1 Å². The number of nitrogens with zero attached hydrogens (tertiary/aromatic N) is 2. The summed E-state index contributed by atoms with van der Waals surface area (Å²) in [5.41, 5.74) is 13.1. The standard InChI is InChI=1S/C40H42N4O6/c1-9-25-21(2)29-16-30-22(3)26(11-14-37(45)48-6)32(41-30)18-33-27(12-15-38(46)49-7)23(4)31(42-33)17-35-28-13-10-24(39(47)50-8)20-40(28,5)36(44-35)19-34(25)43-29/h9-10,13,16-19,42-43H,1,11-12,14-15,20H2,2-8H3/t40-/m1/s1. The Morgan fingerprint density at radius 1 is 0.800 bits per heavy atom. The van der Waals surface area contributed by atoms with Gasteiger partial charge in [-0.3, -0.25) is 14.6 Å². The number of H-pyrrole nitrogens is 2. The highest BCUT2D eigenvalue weighted by Crippen LogP contribution is 2.48. The van der Waals surface area contributed by atoms with Gasteiger partial charge in [0, 0.05) is 51.5 Å². The minimum Gasteiger partial charge on any atom is -0.469 e. The van der Waals surface area contributed by atoms with Gasteiger partial charge < -0.3 is 24.2 Å². The van der Waals surface area contributed by atoms with Crippen molar-refractivity contribution in [1.29, 1.82) is 0 Å². The Bertz CT molecular complexity index is 2230. The van der Waals surface area contributed by atoms with Crippen LogP contribution in [0.4, 0.5) is 0 Å². The number of hydrogen-bond donors (Lipinski definition) is 2. The number of rotatable bonds is 8. The van der Waals surface area contributed by atoms with Crippen LogP contribution >= 0.6 is 0 Å². The van der Waals surface area contributed by atoms with Crippen LogP contribution in [0.15, 0.2) is 48.6 Å². The van der Waals surface area contributed by atoms with Crippen molar-refractivity contribution >= 4 is 62.8 Å². The molecule has 0 unspecified atom stereocenters. The molecule has 50 heavy (non-hydrogen) atoms. The summed E-state index contributed by atoms with van der Waals surface area (Å²) >= 11 is 0. The van der Waals surface area contributed by atoms with Crippen LogP contribution in [-0.2, 0) is 40.4 Å². The van der Waals surface area contributed by atoms with Gasteiger partial charge in [0.25, 0.3) is 0 Å². The molecule has 0 spiro atoms. The Hall–Kier alpha value is -5.51. The predicted molar refractivity (Wildman–Crippen MR) is 195 cm³/mol. The molecule has 2 aliphatic heterocycles. The van der Waals surface area contributed by atoms with Gasteiger partial charge in [-0.15, -0.1) is 0 Å². The molecule has 0 saturated carbocycles. The summed E-state index contributed by atoms with van der Waals surface area (Å²) in [5, 5.41) is 0. The molecule has 8 bridgehead atoms. The summed E-state index contributed by atoms with van der Waals surface area (Å²) in [6, 6.07) is 8.10. The third kappa shape index (κ3) is 5.99. The molecule has 0 fully saturated rings. The van der Waals surface area contributed by atoms with Crippen molar-refractivity contribution in [2.24, 2.45) is 0 Å². The van der Waals surface area contributed by atoms with Crippen molar-refractivity contribution in [1.82, 2.24) is 19.9 Å². The van der Waals surface area contributed by atoms with E-state index in [0.717, 1.165) is 83.8 Å². The van der Waals surface area contributed by atoms with Gasteiger partial charge in [-0.05, 0) is 105 Å². The molecule has 3 aliphatic rings. The van der Waals surface area contributed by atoms with E-state index in [1.807, 2.05) is 63.3 Å². The third-order valence-electron chi connectivity index (χ3n) is 10.3. The molecule has 10 heteroatoms. The molecular weight excluding hydrogens is 632 g/mol. The molecule has 0 saturated heterocycles. The van der Waals surface area contributed by atoms with Crippen LogP contribution in [0.5, 0.6) is 0 Å². The van der Waals surface area contributed by atoms with Crippen molar-refractivity contribution in [3.8, 4) is 0 Å². The number of hydrogen-bond acceptors (Lipinski definition) is 8. The molecule has 5 heterocycles. The third-order valence-corrected chi connectivity index (χ3v) is 10.3. The SMILES string of the molecule is C=Cc1c(C)c2cc3nc(cc4[nH]c(cc5nc(cc1[nH]2)[C@]1(C)CC(C(=O)OC)=CC=C51)c(C)c4CCC(=O)OC)C(CCC(=O)OC)=C3C. The van der Waals surface area contributed by atoms with Crippen molar-refractivity contribution in [2.75, 3.05) is 21.3 Å². The number of ether oxygens (including phenoxy) is 3. The maximum atomic E-state index is 12.7. The van der Waals surface area contributed by atoms with E-state index in [1.54, 1.807) is 0 Å². The van der Waals surface area contributed by atoms with Gasteiger partial charge in [-0.25, -0.2) is 9.78 Å². The number of allylic oxidation sites excluding steroid dienone is 5. The Morgan fingerprint density at radius 2 is 1.44 bits per heavy atom. The fourth-order valence-electron chi connectivity index (χ4n) is 7.24. The number of nitrogens with one attached hydrogen (secondary N) is 2. The quantitative estimate of drug-likeness (QED) is 0.186. The van der Waals surface area contributed by atoms with Crippen molar-refractivity contribution in [3.05, 3.63) is 93.6 Å². The zero-order chi connectivity index (χ0) is 35.9. The van der Waals surface area contributed by atoms with Crippen molar-refractivity contribution in [2.45, 2.75) is 65.2 Å². The molecule has 0 aromatic carbocycles. The second kappa shape index (κ2) is 13.4. The first-order valence-electron chi connectivity index (χ1n) is 16.6. The lowest BCUT2D eigenvalue weighted by Crippen LogP contribution is -2.25. The fourth-order valence-corrected chi connectivity index (χ4v) is 7.24. The lowest BCUT2D eigenvalue weighted by molar-refractivity contribution is -0.141. The van der Waals surface area contributed by atoms with Gasteiger partial charge in [-0.2, -0.15) is 0 Å². The first-order chi connectivity index (χ1) is 23.9. The maximum absolute atomic E-state index is 12.7. The highest BCUT2D eigenvalue weighted by atomic mass is 16.5. The molecule has 1 atom stereocenters. The molecule has 258 valence electrons. The normalized spacial score (nSPS) is 16.7. The van der Waals surface area contributed by atoms with E-state index in [-0.39, 0.29) is 30.7 Å². The zero-order valence-electron chi connectivity index (χ0n) is 29.6. The number of fused-ring (bicyclic) bond motifs is 11. The Kier molecular flexibility index (Phi) is 9.22. The summed E-state index contributed by atoms with van der Waals surface area (Å²) in [4.78, 5) is 54.8. The van der Waals surface area contributed by atoms with E-state index in [1.165, 1.54) is 21.3 Å². The molecule has 2 N–H and O–H groups in total. The lowest BCUT2D eigenvalue weighted by Gasteiger charge is -2.29. The van der Waals surface area contributed by atoms with E-state index in [9.17, 15) is 14.4 Å².